The van der Waals surface area contributed by atoms with Crippen LogP contribution in [-0.2, 0) is 14.8 Å². The predicted octanol–water partition coefficient (Wildman–Crippen LogP) is 0.751. The van der Waals surface area contributed by atoms with Gasteiger partial charge < -0.3 is 14.6 Å². The molecule has 0 spiro atoms. The summed E-state index contributed by atoms with van der Waals surface area (Å²) in [5, 5.41) is 11.1. The highest BCUT2D eigenvalue weighted by molar-refractivity contribution is 9.10. The van der Waals surface area contributed by atoms with Crippen LogP contribution < -0.4 is 9.84 Å². The SMILES string of the molecule is CCOc1ccc(Br)cc1S(=O)(=O)N1CCC[C@@H]1C(=O)[O-]. The summed E-state index contributed by atoms with van der Waals surface area (Å²) in [6, 6.07) is 3.52. The molecule has 1 aliphatic heterocycles. The highest BCUT2D eigenvalue weighted by Gasteiger charge is 2.37. The van der Waals surface area contributed by atoms with E-state index in [9.17, 15) is 18.3 Å². The van der Waals surface area contributed by atoms with E-state index in [-0.39, 0.29) is 23.6 Å². The normalized spacial score (nSPS) is 19.6. The van der Waals surface area contributed by atoms with Crippen molar-refractivity contribution in [1.29, 1.82) is 0 Å². The number of nitrogens with zero attached hydrogens (tertiary/aromatic N) is 1. The van der Waals surface area contributed by atoms with Crippen LogP contribution in [0.3, 0.4) is 0 Å². The number of carbonyl (C=O) groups is 1. The fraction of sp³-hybridized carbons (Fsp3) is 0.462. The number of ether oxygens (including phenoxy) is 1. The van der Waals surface area contributed by atoms with Gasteiger partial charge in [0.2, 0.25) is 10.0 Å². The Morgan fingerprint density at radius 3 is 2.86 bits per heavy atom. The van der Waals surface area contributed by atoms with Gasteiger partial charge in [0.25, 0.3) is 0 Å². The Morgan fingerprint density at radius 2 is 2.24 bits per heavy atom. The molecule has 116 valence electrons. The van der Waals surface area contributed by atoms with Crippen LogP contribution in [0, 0.1) is 0 Å². The summed E-state index contributed by atoms with van der Waals surface area (Å²) in [5.41, 5.74) is 0. The third kappa shape index (κ3) is 3.22. The highest BCUT2D eigenvalue weighted by atomic mass is 79.9. The number of carboxylic acid groups (broad SMARTS) is 1. The van der Waals surface area contributed by atoms with Gasteiger partial charge in [0.1, 0.15) is 10.6 Å². The molecule has 0 unspecified atom stereocenters. The van der Waals surface area contributed by atoms with Crippen LogP contribution in [0.5, 0.6) is 5.75 Å². The average molecular weight is 377 g/mol. The predicted molar refractivity (Wildman–Crippen MR) is 77.2 cm³/mol. The molecule has 0 aliphatic carbocycles. The van der Waals surface area contributed by atoms with Crippen LogP contribution in [0.25, 0.3) is 0 Å². The Kier molecular flexibility index (Phi) is 4.90. The van der Waals surface area contributed by atoms with Crippen LogP contribution in [-0.4, -0.2) is 37.9 Å². The number of hydrogen-bond acceptors (Lipinski definition) is 5. The maximum Gasteiger partial charge on any atom is 0.247 e. The molecule has 6 nitrogen and oxygen atoms in total. The zero-order chi connectivity index (χ0) is 15.6. The third-order valence-corrected chi connectivity index (χ3v) is 5.69. The second kappa shape index (κ2) is 6.33. The van der Waals surface area contributed by atoms with Crippen LogP contribution in [0.15, 0.2) is 27.6 Å². The van der Waals surface area contributed by atoms with Gasteiger partial charge in [-0.05, 0) is 38.0 Å². The van der Waals surface area contributed by atoms with Crippen LogP contribution in [0.4, 0.5) is 0 Å². The molecule has 1 aromatic rings. The summed E-state index contributed by atoms with van der Waals surface area (Å²) >= 11 is 3.23. The Morgan fingerprint density at radius 1 is 1.52 bits per heavy atom. The van der Waals surface area contributed by atoms with Gasteiger partial charge in [0, 0.05) is 11.0 Å². The number of halogens is 1. The van der Waals surface area contributed by atoms with Crippen molar-refractivity contribution >= 4 is 31.9 Å². The van der Waals surface area contributed by atoms with Crippen molar-refractivity contribution in [3.8, 4) is 5.75 Å². The minimum absolute atomic E-state index is 0.0353. The lowest BCUT2D eigenvalue weighted by atomic mass is 10.2. The van der Waals surface area contributed by atoms with Crippen molar-refractivity contribution in [3.05, 3.63) is 22.7 Å². The Hall–Kier alpha value is -1.12. The molecule has 0 bridgehead atoms. The topological polar surface area (TPSA) is 86.7 Å². The van der Waals surface area contributed by atoms with E-state index in [0.29, 0.717) is 17.5 Å². The lowest BCUT2D eigenvalue weighted by molar-refractivity contribution is -0.309. The fourth-order valence-corrected chi connectivity index (χ4v) is 4.67. The van der Waals surface area contributed by atoms with Gasteiger partial charge in [-0.15, -0.1) is 0 Å². The lowest BCUT2D eigenvalue weighted by Crippen LogP contribution is -2.46. The van der Waals surface area contributed by atoms with Crippen molar-refractivity contribution in [2.24, 2.45) is 0 Å². The Labute approximate surface area is 131 Å². The van der Waals surface area contributed by atoms with Gasteiger partial charge >= 0.3 is 0 Å². The summed E-state index contributed by atoms with van der Waals surface area (Å²) in [4.78, 5) is 11.1. The van der Waals surface area contributed by atoms with Crippen LogP contribution in [0.1, 0.15) is 19.8 Å². The van der Waals surface area contributed by atoms with E-state index in [2.05, 4.69) is 15.9 Å². The smallest absolute Gasteiger partial charge is 0.247 e. The third-order valence-electron chi connectivity index (χ3n) is 3.27. The van der Waals surface area contributed by atoms with E-state index in [1.165, 1.54) is 6.07 Å². The number of carbonyl (C=O) groups excluding carboxylic acids is 1. The summed E-state index contributed by atoms with van der Waals surface area (Å²) in [5.74, 6) is -1.16. The van der Waals surface area contributed by atoms with Gasteiger partial charge in [0.05, 0.1) is 18.6 Å². The summed E-state index contributed by atoms with van der Waals surface area (Å²) in [6.07, 6.45) is 0.759. The summed E-state index contributed by atoms with van der Waals surface area (Å²) in [7, 11) is -3.95. The molecule has 8 heteroatoms. The molecule has 1 saturated heterocycles. The number of sulfonamides is 1. The van der Waals surface area contributed by atoms with Crippen molar-refractivity contribution in [2.75, 3.05) is 13.2 Å². The molecule has 1 atom stereocenters. The highest BCUT2D eigenvalue weighted by Crippen LogP contribution is 2.33. The first-order chi connectivity index (χ1) is 9.87. The summed E-state index contributed by atoms with van der Waals surface area (Å²) < 4.78 is 32.4. The molecule has 0 aromatic heterocycles. The molecule has 0 radical (unpaired) electrons. The first kappa shape index (κ1) is 16.3. The van der Waals surface area contributed by atoms with E-state index in [4.69, 9.17) is 4.74 Å². The van der Waals surface area contributed by atoms with E-state index in [0.717, 1.165) is 4.31 Å². The molecule has 0 N–H and O–H groups in total. The van der Waals surface area contributed by atoms with E-state index < -0.39 is 22.0 Å². The molecule has 2 rings (SSSR count). The first-order valence-corrected chi connectivity index (χ1v) is 8.76. The second-order valence-electron chi connectivity index (χ2n) is 4.62. The van der Waals surface area contributed by atoms with Gasteiger partial charge in [0.15, 0.2) is 0 Å². The molecule has 0 amide bonds. The Bertz CT molecular complexity index is 646. The van der Waals surface area contributed by atoms with Crippen molar-refractivity contribution < 1.29 is 23.1 Å². The standard InChI is InChI=1S/C13H16BrNO5S/c1-2-20-11-6-5-9(14)8-12(11)21(18,19)15-7-3-4-10(15)13(16)17/h5-6,8,10H,2-4,7H2,1H3,(H,16,17)/p-1/t10-/m1/s1. The molecule has 1 aliphatic rings. The van der Waals surface area contributed by atoms with Gasteiger partial charge in [-0.3, -0.25) is 0 Å². The van der Waals surface area contributed by atoms with E-state index in [1.54, 1.807) is 19.1 Å². The molecular formula is C13H15BrNO5S-. The van der Waals surface area contributed by atoms with E-state index in [1.807, 2.05) is 0 Å². The minimum Gasteiger partial charge on any atom is -0.548 e. The molecule has 21 heavy (non-hydrogen) atoms. The van der Waals surface area contributed by atoms with Crippen molar-refractivity contribution in [2.45, 2.75) is 30.7 Å². The first-order valence-electron chi connectivity index (χ1n) is 6.53. The zero-order valence-corrected chi connectivity index (χ0v) is 13.8. The number of rotatable bonds is 5. The average Bonchev–Trinajstić information content (AvgIpc) is 2.91. The van der Waals surface area contributed by atoms with Crippen molar-refractivity contribution in [3.63, 3.8) is 0 Å². The monoisotopic (exact) mass is 376 g/mol. The number of carboxylic acids is 1. The number of hydrogen-bond donors (Lipinski definition) is 0. The van der Waals surface area contributed by atoms with Gasteiger partial charge in [-0.2, -0.15) is 4.31 Å². The van der Waals surface area contributed by atoms with Crippen LogP contribution in [0.2, 0.25) is 0 Å². The molecule has 0 saturated carbocycles. The quantitative estimate of drug-likeness (QED) is 0.756. The maximum atomic E-state index is 12.7. The fourth-order valence-electron chi connectivity index (χ4n) is 2.35. The van der Waals surface area contributed by atoms with E-state index >= 15 is 0 Å². The van der Waals surface area contributed by atoms with Gasteiger partial charge in [-0.1, -0.05) is 15.9 Å². The summed E-state index contributed by atoms with van der Waals surface area (Å²) in [6.45, 7) is 2.23. The minimum atomic E-state index is -3.95. The largest absolute Gasteiger partial charge is 0.548 e. The molecule has 1 fully saturated rings. The number of benzene rings is 1. The maximum absolute atomic E-state index is 12.7. The molecule has 1 aromatic carbocycles. The van der Waals surface area contributed by atoms with Crippen molar-refractivity contribution in [1.82, 2.24) is 4.31 Å². The zero-order valence-electron chi connectivity index (χ0n) is 11.4. The number of aliphatic carboxylic acids is 1. The van der Waals surface area contributed by atoms with Crippen LogP contribution >= 0.6 is 15.9 Å². The lowest BCUT2D eigenvalue weighted by Gasteiger charge is -2.25. The molecule has 1 heterocycles. The molecular weight excluding hydrogens is 362 g/mol. The van der Waals surface area contributed by atoms with Gasteiger partial charge in [-0.25, -0.2) is 8.42 Å². The second-order valence-corrected chi connectivity index (χ2v) is 7.39. The Balaban J connectivity index is 2.48.